The molecule has 0 saturated carbocycles. The molecule has 0 bridgehead atoms. The van der Waals surface area contributed by atoms with Crippen LogP contribution in [0.2, 0.25) is 0 Å². The summed E-state index contributed by atoms with van der Waals surface area (Å²) in [6.45, 7) is 5.70. The molecule has 2 aromatic heterocycles. The molecule has 7 heteroatoms. The Kier molecular flexibility index (Phi) is 5.33. The lowest BCUT2D eigenvalue weighted by Gasteiger charge is -2.39. The van der Waals surface area contributed by atoms with Gasteiger partial charge in [-0.15, -0.1) is 0 Å². The molecule has 1 atom stereocenters. The van der Waals surface area contributed by atoms with E-state index in [9.17, 15) is 4.79 Å². The van der Waals surface area contributed by atoms with Gasteiger partial charge in [-0.1, -0.05) is 30.3 Å². The maximum atomic E-state index is 13.4. The molecule has 4 heterocycles. The molecule has 0 spiro atoms. The number of aromatic nitrogens is 3. The van der Waals surface area contributed by atoms with Crippen LogP contribution in [0.25, 0.3) is 0 Å². The van der Waals surface area contributed by atoms with E-state index in [0.29, 0.717) is 18.7 Å². The van der Waals surface area contributed by atoms with Crippen molar-refractivity contribution >= 4 is 11.7 Å². The van der Waals surface area contributed by atoms with Gasteiger partial charge in [0.1, 0.15) is 23.2 Å². The highest BCUT2D eigenvalue weighted by Gasteiger charge is 2.37. The van der Waals surface area contributed by atoms with Gasteiger partial charge in [-0.25, -0.2) is 4.68 Å². The number of hydrogen-bond donors (Lipinski definition) is 1. The number of benzene rings is 1. The van der Waals surface area contributed by atoms with Crippen molar-refractivity contribution in [1.29, 1.82) is 0 Å². The van der Waals surface area contributed by atoms with Gasteiger partial charge in [0.2, 0.25) is 0 Å². The molecular formula is C25H29N5O2. The van der Waals surface area contributed by atoms with Crippen LogP contribution < -0.4 is 10.1 Å². The van der Waals surface area contributed by atoms with Crippen LogP contribution >= 0.6 is 0 Å². The number of anilines is 1. The molecule has 1 unspecified atom stereocenters. The average Bonchev–Trinajstić information content (AvgIpc) is 3.25. The molecule has 1 aromatic carbocycles. The lowest BCUT2D eigenvalue weighted by atomic mass is 9.89. The van der Waals surface area contributed by atoms with E-state index in [-0.39, 0.29) is 23.6 Å². The van der Waals surface area contributed by atoms with Gasteiger partial charge in [0.25, 0.3) is 5.91 Å². The highest BCUT2D eigenvalue weighted by Crippen LogP contribution is 2.40. The number of piperidine rings is 1. The normalized spacial score (nSPS) is 20.3. The molecule has 32 heavy (non-hydrogen) atoms. The predicted molar refractivity (Wildman–Crippen MR) is 123 cm³/mol. The van der Waals surface area contributed by atoms with E-state index in [4.69, 9.17) is 4.74 Å². The van der Waals surface area contributed by atoms with Crippen molar-refractivity contribution < 1.29 is 9.53 Å². The Hall–Kier alpha value is -3.35. The molecule has 0 aliphatic carbocycles. The Morgan fingerprint density at radius 3 is 2.53 bits per heavy atom. The molecule has 5 rings (SSSR count). The first-order valence-electron chi connectivity index (χ1n) is 11.3. The molecule has 0 radical (unpaired) electrons. The van der Waals surface area contributed by atoms with Crippen LogP contribution in [0.4, 0.5) is 5.82 Å². The molecule has 1 fully saturated rings. The smallest absolute Gasteiger partial charge is 0.259 e. The van der Waals surface area contributed by atoms with Gasteiger partial charge in [-0.3, -0.25) is 9.78 Å². The molecular weight excluding hydrogens is 402 g/mol. The van der Waals surface area contributed by atoms with E-state index in [0.717, 1.165) is 30.8 Å². The molecule has 2 aliphatic rings. The predicted octanol–water partition coefficient (Wildman–Crippen LogP) is 4.25. The molecule has 1 amide bonds. The van der Waals surface area contributed by atoms with Crippen molar-refractivity contribution in [2.75, 3.05) is 18.4 Å². The Labute approximate surface area is 188 Å². The minimum atomic E-state index is -0.189. The molecule has 1 N–H and O–H groups in total. The van der Waals surface area contributed by atoms with E-state index in [2.05, 4.69) is 53.5 Å². The van der Waals surface area contributed by atoms with Gasteiger partial charge in [0, 0.05) is 38.3 Å². The Morgan fingerprint density at radius 2 is 1.81 bits per heavy atom. The van der Waals surface area contributed by atoms with Gasteiger partial charge >= 0.3 is 0 Å². The maximum Gasteiger partial charge on any atom is 0.259 e. The highest BCUT2D eigenvalue weighted by atomic mass is 16.5. The van der Waals surface area contributed by atoms with Crippen molar-refractivity contribution in [3.63, 3.8) is 0 Å². The number of pyridine rings is 1. The molecule has 2 aliphatic heterocycles. The van der Waals surface area contributed by atoms with E-state index in [1.54, 1.807) is 18.6 Å². The Balaban J connectivity index is 1.30. The Morgan fingerprint density at radius 1 is 1.09 bits per heavy atom. The summed E-state index contributed by atoms with van der Waals surface area (Å²) in [5.41, 5.74) is 1.68. The summed E-state index contributed by atoms with van der Waals surface area (Å²) in [5.74, 6) is 1.68. The quantitative estimate of drug-likeness (QED) is 0.669. The third kappa shape index (κ3) is 3.95. The topological polar surface area (TPSA) is 72.3 Å². The summed E-state index contributed by atoms with van der Waals surface area (Å²) in [6.07, 6.45) is 7.81. The van der Waals surface area contributed by atoms with Crippen LogP contribution in [-0.4, -0.2) is 44.8 Å². The monoisotopic (exact) mass is 431 g/mol. The van der Waals surface area contributed by atoms with Crippen LogP contribution in [0.5, 0.6) is 5.75 Å². The second-order valence-electron chi connectivity index (χ2n) is 9.24. The first-order chi connectivity index (χ1) is 15.5. The lowest BCUT2D eigenvalue weighted by molar-refractivity contribution is 0.0596. The van der Waals surface area contributed by atoms with E-state index < -0.39 is 0 Å². The van der Waals surface area contributed by atoms with Crippen molar-refractivity contribution in [2.24, 2.45) is 0 Å². The second-order valence-corrected chi connectivity index (χ2v) is 9.24. The highest BCUT2D eigenvalue weighted by molar-refractivity contribution is 5.99. The van der Waals surface area contributed by atoms with Crippen LogP contribution in [0, 0.1) is 0 Å². The summed E-state index contributed by atoms with van der Waals surface area (Å²) in [6, 6.07) is 14.3. The van der Waals surface area contributed by atoms with Gasteiger partial charge in [-0.2, -0.15) is 5.10 Å². The standard InChI is InChI=1S/C25H29N5O2/c1-25(2)16-22(18-6-4-3-5-7-18)28-23-21(17-27-30(23)25)24(31)29-14-10-20(11-15-29)32-19-8-12-26-13-9-19/h3-9,12-13,17,20,22,28H,10-11,14-16H2,1-2H3. The van der Waals surface area contributed by atoms with E-state index in [1.165, 1.54) is 5.56 Å². The zero-order valence-corrected chi connectivity index (χ0v) is 18.6. The number of ether oxygens (including phenoxy) is 1. The van der Waals surface area contributed by atoms with Gasteiger partial charge in [-0.05, 0) is 38.0 Å². The van der Waals surface area contributed by atoms with Crippen molar-refractivity contribution in [2.45, 2.75) is 50.8 Å². The number of fused-ring (bicyclic) bond motifs is 1. The summed E-state index contributed by atoms with van der Waals surface area (Å²) < 4.78 is 8.02. The summed E-state index contributed by atoms with van der Waals surface area (Å²) in [7, 11) is 0. The number of rotatable bonds is 4. The maximum absolute atomic E-state index is 13.4. The van der Waals surface area contributed by atoms with Crippen molar-refractivity contribution in [3.8, 4) is 5.75 Å². The largest absolute Gasteiger partial charge is 0.490 e. The third-order valence-electron chi connectivity index (χ3n) is 6.47. The summed E-state index contributed by atoms with van der Waals surface area (Å²) in [5, 5.41) is 8.20. The van der Waals surface area contributed by atoms with Crippen molar-refractivity contribution in [3.05, 3.63) is 72.2 Å². The van der Waals surface area contributed by atoms with Crippen LogP contribution in [0.15, 0.2) is 61.1 Å². The zero-order valence-electron chi connectivity index (χ0n) is 18.6. The molecule has 1 saturated heterocycles. The van der Waals surface area contributed by atoms with Crippen molar-refractivity contribution in [1.82, 2.24) is 19.7 Å². The molecule has 7 nitrogen and oxygen atoms in total. The first-order valence-corrected chi connectivity index (χ1v) is 11.3. The van der Waals surface area contributed by atoms with Gasteiger partial charge in [0.15, 0.2) is 0 Å². The van der Waals surface area contributed by atoms with Gasteiger partial charge in [0.05, 0.1) is 17.8 Å². The van der Waals surface area contributed by atoms with E-state index in [1.807, 2.05) is 27.8 Å². The number of amides is 1. The van der Waals surface area contributed by atoms with Gasteiger partial charge < -0.3 is 15.0 Å². The first kappa shape index (κ1) is 20.5. The summed E-state index contributed by atoms with van der Waals surface area (Å²) in [4.78, 5) is 19.4. The Bertz CT molecular complexity index is 1070. The fraction of sp³-hybridized carbons (Fsp3) is 0.400. The number of nitrogens with one attached hydrogen (secondary N) is 1. The lowest BCUT2D eigenvalue weighted by Crippen LogP contribution is -2.42. The fourth-order valence-corrected chi connectivity index (χ4v) is 4.75. The average molecular weight is 432 g/mol. The number of carbonyl (C=O) groups is 1. The SMILES string of the molecule is CC1(C)CC(c2ccccc2)Nc2c(C(=O)N3CCC(Oc4ccncc4)CC3)cnn21. The van der Waals surface area contributed by atoms with Crippen LogP contribution in [-0.2, 0) is 5.54 Å². The van der Waals surface area contributed by atoms with Crippen LogP contribution in [0.3, 0.4) is 0 Å². The number of likely N-dealkylation sites (tertiary alicyclic amines) is 1. The zero-order chi connectivity index (χ0) is 22.1. The number of nitrogens with zero attached hydrogens (tertiary/aromatic N) is 4. The molecule has 166 valence electrons. The fourth-order valence-electron chi connectivity index (χ4n) is 4.75. The minimum Gasteiger partial charge on any atom is -0.490 e. The molecule has 3 aromatic rings. The summed E-state index contributed by atoms with van der Waals surface area (Å²) >= 11 is 0. The van der Waals surface area contributed by atoms with Crippen LogP contribution in [0.1, 0.15) is 55.1 Å². The number of carbonyl (C=O) groups excluding carboxylic acids is 1. The second kappa shape index (κ2) is 8.30. The number of hydrogen-bond acceptors (Lipinski definition) is 5. The van der Waals surface area contributed by atoms with E-state index >= 15 is 0 Å². The third-order valence-corrected chi connectivity index (χ3v) is 6.47. The minimum absolute atomic E-state index is 0.0330.